The largest absolute Gasteiger partial charge is 0.481 e. The van der Waals surface area contributed by atoms with E-state index in [1.165, 1.54) is 12.8 Å². The summed E-state index contributed by atoms with van der Waals surface area (Å²) in [7, 11) is 2.13. The molecule has 1 aliphatic heterocycles. The zero-order valence-electron chi connectivity index (χ0n) is 9.20. The predicted octanol–water partition coefficient (Wildman–Crippen LogP) is 1.83. The van der Waals surface area contributed by atoms with Crippen LogP contribution in [0.15, 0.2) is 0 Å². The lowest BCUT2D eigenvalue weighted by molar-refractivity contribution is -0.142. The number of carbonyl (C=O) groups is 1. The highest BCUT2D eigenvalue weighted by Crippen LogP contribution is 2.25. The first kappa shape index (κ1) is 11.5. The molecule has 3 heteroatoms. The van der Waals surface area contributed by atoms with Crippen LogP contribution in [0.2, 0.25) is 0 Å². The number of likely N-dealkylation sites (tertiary alicyclic amines) is 1. The minimum absolute atomic E-state index is 0.122. The van der Waals surface area contributed by atoms with Crippen molar-refractivity contribution in [2.75, 3.05) is 20.1 Å². The normalized spacial score (nSPS) is 22.1. The first-order chi connectivity index (χ1) is 6.63. The average molecular weight is 199 g/mol. The molecule has 3 nitrogen and oxygen atoms in total. The highest BCUT2D eigenvalue weighted by atomic mass is 16.4. The third-order valence-corrected chi connectivity index (χ3v) is 3.30. The number of nitrogens with zero attached hydrogens (tertiary/aromatic N) is 1. The minimum atomic E-state index is -0.619. The fraction of sp³-hybridized carbons (Fsp3) is 0.909. The predicted molar refractivity (Wildman–Crippen MR) is 56.3 cm³/mol. The Bertz CT molecular complexity index is 186. The molecule has 1 atom stereocenters. The third-order valence-electron chi connectivity index (χ3n) is 3.30. The van der Waals surface area contributed by atoms with Crippen molar-refractivity contribution in [1.29, 1.82) is 0 Å². The van der Waals surface area contributed by atoms with E-state index in [2.05, 4.69) is 11.9 Å². The van der Waals surface area contributed by atoms with Crippen LogP contribution in [0.1, 0.15) is 32.6 Å². The van der Waals surface area contributed by atoms with Gasteiger partial charge in [0, 0.05) is 0 Å². The third kappa shape index (κ3) is 3.29. The maximum Gasteiger partial charge on any atom is 0.306 e. The lowest BCUT2D eigenvalue weighted by Crippen LogP contribution is -2.31. The fourth-order valence-corrected chi connectivity index (χ4v) is 2.14. The fourth-order valence-electron chi connectivity index (χ4n) is 2.14. The van der Waals surface area contributed by atoms with Gasteiger partial charge in [-0.05, 0) is 51.7 Å². The second-order valence-corrected chi connectivity index (χ2v) is 4.43. The molecule has 1 fully saturated rings. The maximum atomic E-state index is 10.9. The Morgan fingerprint density at radius 1 is 1.50 bits per heavy atom. The van der Waals surface area contributed by atoms with E-state index in [-0.39, 0.29) is 5.92 Å². The Morgan fingerprint density at radius 2 is 2.07 bits per heavy atom. The number of hydrogen-bond acceptors (Lipinski definition) is 2. The Kier molecular flexibility index (Phi) is 4.39. The van der Waals surface area contributed by atoms with E-state index in [1.54, 1.807) is 0 Å². The van der Waals surface area contributed by atoms with E-state index >= 15 is 0 Å². The van der Waals surface area contributed by atoms with Gasteiger partial charge in [0.2, 0.25) is 0 Å². The molecule has 0 aromatic heterocycles. The van der Waals surface area contributed by atoms with Gasteiger partial charge in [-0.3, -0.25) is 4.79 Å². The van der Waals surface area contributed by atoms with E-state index in [0.29, 0.717) is 5.92 Å². The summed E-state index contributed by atoms with van der Waals surface area (Å²) in [5, 5.41) is 8.95. The average Bonchev–Trinajstić information content (AvgIpc) is 2.16. The van der Waals surface area contributed by atoms with Crippen molar-refractivity contribution < 1.29 is 9.90 Å². The van der Waals surface area contributed by atoms with Gasteiger partial charge in [-0.1, -0.05) is 6.92 Å². The van der Waals surface area contributed by atoms with E-state index < -0.39 is 5.97 Å². The van der Waals surface area contributed by atoms with Crippen molar-refractivity contribution in [1.82, 2.24) is 4.90 Å². The molecular weight excluding hydrogens is 178 g/mol. The molecule has 1 saturated heterocycles. The zero-order valence-corrected chi connectivity index (χ0v) is 9.20. The van der Waals surface area contributed by atoms with Gasteiger partial charge in [0.15, 0.2) is 0 Å². The van der Waals surface area contributed by atoms with Crippen LogP contribution in [0.5, 0.6) is 0 Å². The van der Waals surface area contributed by atoms with Gasteiger partial charge in [0.05, 0.1) is 5.92 Å². The molecule has 0 saturated carbocycles. The van der Waals surface area contributed by atoms with Crippen LogP contribution in [-0.4, -0.2) is 36.1 Å². The molecule has 1 heterocycles. The monoisotopic (exact) mass is 199 g/mol. The molecule has 0 aliphatic carbocycles. The maximum absolute atomic E-state index is 10.9. The summed E-state index contributed by atoms with van der Waals surface area (Å²) in [4.78, 5) is 13.2. The van der Waals surface area contributed by atoms with Crippen LogP contribution in [-0.2, 0) is 4.79 Å². The number of hydrogen-bond donors (Lipinski definition) is 1. The Hall–Kier alpha value is -0.570. The van der Waals surface area contributed by atoms with E-state index in [4.69, 9.17) is 5.11 Å². The molecule has 1 aliphatic rings. The van der Waals surface area contributed by atoms with Crippen LogP contribution in [0, 0.1) is 11.8 Å². The number of carboxylic acid groups (broad SMARTS) is 1. The smallest absolute Gasteiger partial charge is 0.306 e. The van der Waals surface area contributed by atoms with Gasteiger partial charge in [-0.15, -0.1) is 0 Å². The van der Waals surface area contributed by atoms with Gasteiger partial charge in [0.1, 0.15) is 0 Å². The first-order valence-corrected chi connectivity index (χ1v) is 5.54. The standard InChI is InChI=1S/C11H21NO2/c1-3-10(11(13)14)8-9-4-6-12(2)7-5-9/h9-10H,3-8H2,1-2H3,(H,13,14). The van der Waals surface area contributed by atoms with Gasteiger partial charge in [-0.2, -0.15) is 0 Å². The first-order valence-electron chi connectivity index (χ1n) is 5.54. The summed E-state index contributed by atoms with van der Waals surface area (Å²) in [5.41, 5.74) is 0. The Labute approximate surface area is 86.1 Å². The quantitative estimate of drug-likeness (QED) is 0.751. The Morgan fingerprint density at radius 3 is 2.50 bits per heavy atom. The summed E-state index contributed by atoms with van der Waals surface area (Å²) in [6.45, 7) is 4.22. The van der Waals surface area contributed by atoms with Crippen LogP contribution >= 0.6 is 0 Å². The topological polar surface area (TPSA) is 40.5 Å². The summed E-state index contributed by atoms with van der Waals surface area (Å²) < 4.78 is 0. The van der Waals surface area contributed by atoms with Crippen molar-refractivity contribution >= 4 is 5.97 Å². The minimum Gasteiger partial charge on any atom is -0.481 e. The van der Waals surface area contributed by atoms with Crippen molar-refractivity contribution in [3.63, 3.8) is 0 Å². The SMILES string of the molecule is CCC(CC1CCN(C)CC1)C(=O)O. The summed E-state index contributed by atoms with van der Waals surface area (Å²) in [6, 6.07) is 0. The van der Waals surface area contributed by atoms with Crippen LogP contribution in [0.3, 0.4) is 0 Å². The van der Waals surface area contributed by atoms with Crippen molar-refractivity contribution in [2.45, 2.75) is 32.6 Å². The zero-order chi connectivity index (χ0) is 10.6. The van der Waals surface area contributed by atoms with Gasteiger partial charge in [0.25, 0.3) is 0 Å². The lowest BCUT2D eigenvalue weighted by atomic mass is 9.86. The molecule has 0 radical (unpaired) electrons. The number of rotatable bonds is 4. The lowest BCUT2D eigenvalue weighted by Gasteiger charge is -2.30. The second-order valence-electron chi connectivity index (χ2n) is 4.43. The highest BCUT2D eigenvalue weighted by molar-refractivity contribution is 5.69. The van der Waals surface area contributed by atoms with Gasteiger partial charge >= 0.3 is 5.97 Å². The molecule has 1 rings (SSSR count). The molecule has 0 aromatic carbocycles. The van der Waals surface area contributed by atoms with E-state index in [1.807, 2.05) is 6.92 Å². The molecule has 0 bridgehead atoms. The molecule has 0 aromatic rings. The van der Waals surface area contributed by atoms with Gasteiger partial charge in [-0.25, -0.2) is 0 Å². The molecule has 1 N–H and O–H groups in total. The molecule has 0 spiro atoms. The summed E-state index contributed by atoms with van der Waals surface area (Å²) >= 11 is 0. The van der Waals surface area contributed by atoms with Crippen LogP contribution in [0.4, 0.5) is 0 Å². The summed E-state index contributed by atoms with van der Waals surface area (Å²) in [5.74, 6) is -0.109. The molecule has 0 amide bonds. The molecule has 14 heavy (non-hydrogen) atoms. The molecule has 1 unspecified atom stereocenters. The Balaban J connectivity index is 2.32. The van der Waals surface area contributed by atoms with Crippen molar-refractivity contribution in [3.05, 3.63) is 0 Å². The second kappa shape index (κ2) is 5.35. The molecular formula is C11H21NO2. The van der Waals surface area contributed by atoms with E-state index in [9.17, 15) is 4.79 Å². The van der Waals surface area contributed by atoms with E-state index in [0.717, 1.165) is 25.9 Å². The van der Waals surface area contributed by atoms with Crippen LogP contribution in [0.25, 0.3) is 0 Å². The van der Waals surface area contributed by atoms with Crippen LogP contribution < -0.4 is 0 Å². The number of carboxylic acids is 1. The molecule has 82 valence electrons. The number of piperidine rings is 1. The summed E-state index contributed by atoms with van der Waals surface area (Å²) in [6.07, 6.45) is 3.97. The van der Waals surface area contributed by atoms with Crippen molar-refractivity contribution in [2.24, 2.45) is 11.8 Å². The van der Waals surface area contributed by atoms with Crippen molar-refractivity contribution in [3.8, 4) is 0 Å². The highest BCUT2D eigenvalue weighted by Gasteiger charge is 2.23. The number of aliphatic carboxylic acids is 1. The van der Waals surface area contributed by atoms with Gasteiger partial charge < -0.3 is 10.0 Å².